The van der Waals surface area contributed by atoms with Gasteiger partial charge in [0.25, 0.3) is 0 Å². The van der Waals surface area contributed by atoms with E-state index in [0.717, 1.165) is 37.8 Å². The highest BCUT2D eigenvalue weighted by atomic mass is 19.4. The maximum absolute atomic E-state index is 14.6. The molecule has 2 fully saturated rings. The maximum atomic E-state index is 14.6. The van der Waals surface area contributed by atoms with E-state index < -0.39 is 17.7 Å². The summed E-state index contributed by atoms with van der Waals surface area (Å²) in [7, 11) is 0. The number of para-hydroxylation sites is 1. The van der Waals surface area contributed by atoms with Crippen molar-refractivity contribution >= 4 is 17.3 Å². The van der Waals surface area contributed by atoms with Gasteiger partial charge in [0, 0.05) is 45.0 Å². The van der Waals surface area contributed by atoms with Crippen LogP contribution in [0.3, 0.4) is 0 Å². The molecule has 37 heavy (non-hydrogen) atoms. The number of morpholine rings is 1. The molecule has 1 N–H and O–H groups in total. The second-order valence-corrected chi connectivity index (χ2v) is 9.91. The van der Waals surface area contributed by atoms with E-state index in [1.54, 1.807) is 18.2 Å². The van der Waals surface area contributed by atoms with Crippen LogP contribution >= 0.6 is 0 Å². The van der Waals surface area contributed by atoms with Crippen molar-refractivity contribution in [1.29, 1.82) is 0 Å². The molecule has 200 valence electrons. The van der Waals surface area contributed by atoms with Crippen molar-refractivity contribution in [1.82, 2.24) is 10.2 Å². The Morgan fingerprint density at radius 3 is 2.57 bits per heavy atom. The van der Waals surface area contributed by atoms with E-state index in [1.165, 1.54) is 18.2 Å². The maximum Gasteiger partial charge on any atom is 0.416 e. The van der Waals surface area contributed by atoms with Gasteiger partial charge in [0.1, 0.15) is 5.82 Å². The molecule has 2 saturated heterocycles. The van der Waals surface area contributed by atoms with Crippen LogP contribution in [-0.2, 0) is 22.1 Å². The number of piperazine rings is 1. The number of hydrogen-bond donors (Lipinski definition) is 1. The van der Waals surface area contributed by atoms with E-state index in [2.05, 4.69) is 10.2 Å². The number of hydrogen-bond acceptors (Lipinski definition) is 5. The van der Waals surface area contributed by atoms with Gasteiger partial charge in [-0.25, -0.2) is 4.39 Å². The molecular formula is C27H32F4N4O2. The lowest BCUT2D eigenvalue weighted by Gasteiger charge is -2.49. The van der Waals surface area contributed by atoms with Gasteiger partial charge in [-0.3, -0.25) is 9.69 Å². The fourth-order valence-corrected chi connectivity index (χ4v) is 5.70. The van der Waals surface area contributed by atoms with Gasteiger partial charge < -0.3 is 19.9 Å². The first-order chi connectivity index (χ1) is 17.8. The molecule has 5 rings (SSSR count). The number of anilines is 2. The normalized spacial score (nSPS) is 22.4. The number of carbonyl (C=O) groups excluding carboxylic acids is 1. The molecular weight excluding hydrogens is 488 g/mol. The van der Waals surface area contributed by atoms with Crippen LogP contribution in [0.5, 0.6) is 0 Å². The lowest BCUT2D eigenvalue weighted by atomic mass is 9.82. The second kappa shape index (κ2) is 10.9. The largest absolute Gasteiger partial charge is 0.416 e. The number of alkyl halides is 3. The lowest BCUT2D eigenvalue weighted by molar-refractivity contribution is -0.137. The summed E-state index contributed by atoms with van der Waals surface area (Å²) < 4.78 is 60.2. The van der Waals surface area contributed by atoms with Crippen LogP contribution in [0.15, 0.2) is 42.5 Å². The molecule has 0 saturated carbocycles. The van der Waals surface area contributed by atoms with E-state index in [-0.39, 0.29) is 24.2 Å². The number of carbonyl (C=O) groups is 1. The molecule has 0 bridgehead atoms. The van der Waals surface area contributed by atoms with Crippen molar-refractivity contribution in [3.05, 3.63) is 59.4 Å². The summed E-state index contributed by atoms with van der Waals surface area (Å²) in [4.78, 5) is 19.7. The molecule has 2 aromatic carbocycles. The van der Waals surface area contributed by atoms with Gasteiger partial charge in [0.2, 0.25) is 5.91 Å². The van der Waals surface area contributed by atoms with Gasteiger partial charge in [-0.15, -0.1) is 0 Å². The van der Waals surface area contributed by atoms with Crippen LogP contribution in [0.1, 0.15) is 17.5 Å². The number of ether oxygens (including phenoxy) is 1. The third kappa shape index (κ3) is 5.70. The summed E-state index contributed by atoms with van der Waals surface area (Å²) in [6.45, 7) is 5.91. The molecule has 0 aliphatic carbocycles. The minimum atomic E-state index is -4.45. The van der Waals surface area contributed by atoms with Crippen molar-refractivity contribution in [2.75, 3.05) is 68.8 Å². The van der Waals surface area contributed by atoms with Crippen LogP contribution in [0.25, 0.3) is 0 Å². The molecule has 0 unspecified atom stereocenters. The minimum absolute atomic E-state index is 0.171. The monoisotopic (exact) mass is 520 g/mol. The van der Waals surface area contributed by atoms with Gasteiger partial charge in [0.05, 0.1) is 36.4 Å². The van der Waals surface area contributed by atoms with E-state index in [0.29, 0.717) is 50.6 Å². The molecule has 3 heterocycles. The highest BCUT2D eigenvalue weighted by Crippen LogP contribution is 2.40. The van der Waals surface area contributed by atoms with E-state index in [9.17, 15) is 22.4 Å². The van der Waals surface area contributed by atoms with Crippen molar-refractivity contribution in [3.8, 4) is 0 Å². The standard InChI is InChI=1S/C27H32F4N4O2/c28-22-4-1-2-5-24(22)34-10-11-35-23-7-6-20(27(29,30)31)16-19(23)17-21(25(35)18-34)26(36)32-8-3-9-33-12-14-37-15-13-33/h1-2,4-7,16,21,25H,3,8-15,17-18H2,(H,32,36)/t21-,25-/m1/s1. The minimum Gasteiger partial charge on any atom is -0.379 e. The highest BCUT2D eigenvalue weighted by molar-refractivity contribution is 5.82. The third-order valence-electron chi connectivity index (χ3n) is 7.62. The Morgan fingerprint density at radius 2 is 1.81 bits per heavy atom. The summed E-state index contributed by atoms with van der Waals surface area (Å²) in [5.41, 5.74) is 1.02. The topological polar surface area (TPSA) is 48.1 Å². The zero-order valence-corrected chi connectivity index (χ0v) is 20.6. The Hall–Kier alpha value is -2.85. The van der Waals surface area contributed by atoms with Crippen molar-refractivity contribution < 1.29 is 27.1 Å². The van der Waals surface area contributed by atoms with Crippen LogP contribution in [0.2, 0.25) is 0 Å². The summed E-state index contributed by atoms with van der Waals surface area (Å²) in [5, 5.41) is 3.03. The Balaban J connectivity index is 1.34. The smallest absolute Gasteiger partial charge is 0.379 e. The van der Waals surface area contributed by atoms with Crippen molar-refractivity contribution in [2.24, 2.45) is 5.92 Å². The number of nitrogens with one attached hydrogen (secondary N) is 1. The molecule has 2 aromatic rings. The molecule has 3 aliphatic rings. The van der Waals surface area contributed by atoms with Gasteiger partial charge in [0.15, 0.2) is 0 Å². The fourth-order valence-electron chi connectivity index (χ4n) is 5.70. The zero-order chi connectivity index (χ0) is 26.0. The number of halogens is 4. The van der Waals surface area contributed by atoms with Crippen molar-refractivity contribution in [2.45, 2.75) is 25.1 Å². The average Bonchev–Trinajstić information content (AvgIpc) is 2.90. The van der Waals surface area contributed by atoms with Crippen LogP contribution in [0, 0.1) is 11.7 Å². The van der Waals surface area contributed by atoms with E-state index >= 15 is 0 Å². The van der Waals surface area contributed by atoms with E-state index in [4.69, 9.17) is 4.74 Å². The van der Waals surface area contributed by atoms with Gasteiger partial charge >= 0.3 is 6.18 Å². The Kier molecular flexibility index (Phi) is 7.57. The first kappa shape index (κ1) is 25.8. The third-order valence-corrected chi connectivity index (χ3v) is 7.62. The Labute approximate surface area is 214 Å². The predicted octanol–water partition coefficient (Wildman–Crippen LogP) is 3.55. The molecule has 3 aliphatic heterocycles. The van der Waals surface area contributed by atoms with Gasteiger partial charge in [-0.05, 0) is 55.3 Å². The number of rotatable bonds is 6. The number of benzene rings is 2. The highest BCUT2D eigenvalue weighted by Gasteiger charge is 2.43. The predicted molar refractivity (Wildman–Crippen MR) is 133 cm³/mol. The quantitative estimate of drug-likeness (QED) is 0.467. The van der Waals surface area contributed by atoms with Crippen LogP contribution < -0.4 is 15.1 Å². The lowest BCUT2D eigenvalue weighted by Crippen LogP contribution is -2.61. The summed E-state index contributed by atoms with van der Waals surface area (Å²) in [6.07, 6.45) is -3.46. The fraction of sp³-hybridized carbons (Fsp3) is 0.519. The molecule has 0 spiro atoms. The molecule has 6 nitrogen and oxygen atoms in total. The summed E-state index contributed by atoms with van der Waals surface area (Å²) >= 11 is 0. The SMILES string of the molecule is O=C(NCCCN1CCOCC1)[C@@H]1Cc2cc(C(F)(F)F)ccc2N2CCN(c3ccccc3F)C[C@H]12. The summed E-state index contributed by atoms with van der Waals surface area (Å²) in [6, 6.07) is 10.1. The first-order valence-electron chi connectivity index (χ1n) is 12.9. The number of fused-ring (bicyclic) bond motifs is 3. The molecule has 1 amide bonds. The Morgan fingerprint density at radius 1 is 1.03 bits per heavy atom. The number of amides is 1. The van der Waals surface area contributed by atoms with Gasteiger partial charge in [-0.1, -0.05) is 12.1 Å². The summed E-state index contributed by atoms with van der Waals surface area (Å²) in [5.74, 6) is -1.05. The Bertz CT molecular complexity index is 1110. The molecule has 0 aromatic heterocycles. The molecule has 2 atom stereocenters. The van der Waals surface area contributed by atoms with E-state index in [1.807, 2.05) is 9.80 Å². The zero-order valence-electron chi connectivity index (χ0n) is 20.6. The van der Waals surface area contributed by atoms with Crippen molar-refractivity contribution in [3.63, 3.8) is 0 Å². The van der Waals surface area contributed by atoms with Crippen LogP contribution in [-0.4, -0.2) is 75.9 Å². The molecule has 10 heteroatoms. The second-order valence-electron chi connectivity index (χ2n) is 9.91. The first-order valence-corrected chi connectivity index (χ1v) is 12.9. The molecule has 0 radical (unpaired) electrons. The van der Waals surface area contributed by atoms with Gasteiger partial charge in [-0.2, -0.15) is 13.2 Å². The average molecular weight is 521 g/mol. The van der Waals surface area contributed by atoms with Crippen LogP contribution in [0.4, 0.5) is 28.9 Å². The number of nitrogens with zero attached hydrogens (tertiary/aromatic N) is 3.